The van der Waals surface area contributed by atoms with Gasteiger partial charge in [0.2, 0.25) is 0 Å². The van der Waals surface area contributed by atoms with Gasteiger partial charge in [-0.25, -0.2) is 0 Å². The standard InChI is InChI=1S/C14H14.H3O3P/c1-12(13-8-4-2-5-9-13)14-10-6-3-7-11-14;1-4(2)3/h2-12H,1H3;4H,(H2,1,2,3). The first-order chi connectivity index (χ1) is 8.61. The SMILES string of the molecule is CC(c1ccccc1)c1ccccc1.O=[PH](O)O. The maximum atomic E-state index is 8.74. The molecule has 0 unspecified atom stereocenters. The van der Waals surface area contributed by atoms with Gasteiger partial charge in [0, 0.05) is 5.92 Å². The van der Waals surface area contributed by atoms with Crippen LogP contribution in [0.2, 0.25) is 0 Å². The Hall–Kier alpha value is -1.41. The molecular formula is C14H17O3P. The predicted molar refractivity (Wildman–Crippen MR) is 73.8 cm³/mol. The van der Waals surface area contributed by atoms with Crippen molar-refractivity contribution in [3.8, 4) is 0 Å². The van der Waals surface area contributed by atoms with E-state index in [1.807, 2.05) is 0 Å². The van der Waals surface area contributed by atoms with Crippen molar-refractivity contribution in [1.82, 2.24) is 0 Å². The highest BCUT2D eigenvalue weighted by atomic mass is 31.1. The summed E-state index contributed by atoms with van der Waals surface area (Å²) in [6.45, 7) is 2.24. The van der Waals surface area contributed by atoms with Gasteiger partial charge in [0.25, 0.3) is 0 Å². The van der Waals surface area contributed by atoms with E-state index in [0.717, 1.165) is 0 Å². The first-order valence-corrected chi connectivity index (χ1v) is 6.93. The van der Waals surface area contributed by atoms with E-state index in [9.17, 15) is 0 Å². The number of benzene rings is 2. The fourth-order valence-electron chi connectivity index (χ4n) is 1.68. The van der Waals surface area contributed by atoms with Gasteiger partial charge < -0.3 is 9.79 Å². The van der Waals surface area contributed by atoms with Gasteiger partial charge in [-0.1, -0.05) is 67.6 Å². The van der Waals surface area contributed by atoms with Crippen molar-refractivity contribution >= 4 is 8.25 Å². The molecule has 0 aliphatic heterocycles. The summed E-state index contributed by atoms with van der Waals surface area (Å²) in [7, 11) is -3.13. The van der Waals surface area contributed by atoms with E-state index in [1.165, 1.54) is 11.1 Å². The quantitative estimate of drug-likeness (QED) is 0.819. The molecule has 0 radical (unpaired) electrons. The minimum absolute atomic E-state index is 0.484. The van der Waals surface area contributed by atoms with Gasteiger partial charge in [-0.05, 0) is 11.1 Å². The Kier molecular flexibility index (Phi) is 6.37. The normalized spacial score (nSPS) is 10.1. The molecule has 0 bridgehead atoms. The van der Waals surface area contributed by atoms with Crippen molar-refractivity contribution in [1.29, 1.82) is 0 Å². The Bertz CT molecular complexity index is 427. The van der Waals surface area contributed by atoms with Gasteiger partial charge in [0.05, 0.1) is 0 Å². The van der Waals surface area contributed by atoms with Crippen LogP contribution in [0.3, 0.4) is 0 Å². The van der Waals surface area contributed by atoms with E-state index in [4.69, 9.17) is 14.4 Å². The summed E-state index contributed by atoms with van der Waals surface area (Å²) in [5, 5.41) is 0. The van der Waals surface area contributed by atoms with Crippen LogP contribution in [0.25, 0.3) is 0 Å². The molecule has 0 spiro atoms. The lowest BCUT2D eigenvalue weighted by Gasteiger charge is -2.11. The van der Waals surface area contributed by atoms with Gasteiger partial charge in [-0.2, -0.15) is 0 Å². The topological polar surface area (TPSA) is 57.5 Å². The van der Waals surface area contributed by atoms with Crippen LogP contribution in [0, 0.1) is 0 Å². The molecule has 0 aromatic heterocycles. The summed E-state index contributed by atoms with van der Waals surface area (Å²) in [5.74, 6) is 0.484. The molecule has 0 aliphatic carbocycles. The van der Waals surface area contributed by atoms with Crippen LogP contribution < -0.4 is 0 Å². The van der Waals surface area contributed by atoms with Crippen molar-refractivity contribution < 1.29 is 14.4 Å². The summed E-state index contributed by atoms with van der Waals surface area (Å²) >= 11 is 0. The molecule has 0 saturated heterocycles. The maximum Gasteiger partial charge on any atom is 0.314 e. The summed E-state index contributed by atoms with van der Waals surface area (Å²) in [5.41, 5.74) is 2.75. The Labute approximate surface area is 108 Å². The summed E-state index contributed by atoms with van der Waals surface area (Å²) in [6.07, 6.45) is 0. The average Bonchev–Trinajstić information content (AvgIpc) is 2.39. The molecule has 2 rings (SSSR count). The lowest BCUT2D eigenvalue weighted by atomic mass is 9.93. The Morgan fingerprint density at radius 1 is 0.833 bits per heavy atom. The molecule has 2 aromatic carbocycles. The van der Waals surface area contributed by atoms with Crippen LogP contribution >= 0.6 is 8.25 Å². The van der Waals surface area contributed by atoms with Gasteiger partial charge in [-0.15, -0.1) is 0 Å². The first kappa shape index (κ1) is 14.7. The third kappa shape index (κ3) is 5.28. The average molecular weight is 264 g/mol. The fraction of sp³-hybridized carbons (Fsp3) is 0.143. The van der Waals surface area contributed by atoms with E-state index in [0.29, 0.717) is 5.92 Å². The van der Waals surface area contributed by atoms with E-state index >= 15 is 0 Å². The first-order valence-electron chi connectivity index (χ1n) is 5.63. The van der Waals surface area contributed by atoms with E-state index in [-0.39, 0.29) is 0 Å². The molecule has 2 aromatic rings. The lowest BCUT2D eigenvalue weighted by Crippen LogP contribution is -1.94. The second kappa shape index (κ2) is 7.83. The van der Waals surface area contributed by atoms with E-state index in [2.05, 4.69) is 67.6 Å². The molecule has 0 heterocycles. The predicted octanol–water partition coefficient (Wildman–Crippen LogP) is 3.20. The lowest BCUT2D eigenvalue weighted by molar-refractivity contribution is 0.405. The molecule has 0 amide bonds. The second-order valence-corrected chi connectivity index (χ2v) is 4.39. The fourth-order valence-corrected chi connectivity index (χ4v) is 1.68. The van der Waals surface area contributed by atoms with Crippen molar-refractivity contribution in [2.75, 3.05) is 0 Å². The molecule has 96 valence electrons. The smallest absolute Gasteiger partial charge is 0.314 e. The maximum absolute atomic E-state index is 8.74. The van der Waals surface area contributed by atoms with Crippen LogP contribution in [0.5, 0.6) is 0 Å². The Morgan fingerprint density at radius 3 is 1.39 bits per heavy atom. The van der Waals surface area contributed by atoms with Gasteiger partial charge in [0.15, 0.2) is 0 Å². The zero-order valence-electron chi connectivity index (χ0n) is 10.2. The molecular weight excluding hydrogens is 247 g/mol. The van der Waals surface area contributed by atoms with Crippen LogP contribution in [-0.4, -0.2) is 9.79 Å². The summed E-state index contributed by atoms with van der Waals surface area (Å²) in [4.78, 5) is 14.3. The monoisotopic (exact) mass is 264 g/mol. The molecule has 2 N–H and O–H groups in total. The largest absolute Gasteiger partial charge is 0.326 e. The van der Waals surface area contributed by atoms with Crippen molar-refractivity contribution in [3.63, 3.8) is 0 Å². The van der Waals surface area contributed by atoms with E-state index < -0.39 is 8.25 Å². The van der Waals surface area contributed by atoms with Crippen molar-refractivity contribution in [3.05, 3.63) is 71.8 Å². The minimum atomic E-state index is -3.13. The van der Waals surface area contributed by atoms with Gasteiger partial charge >= 0.3 is 8.25 Å². The second-order valence-electron chi connectivity index (χ2n) is 3.83. The third-order valence-electron chi connectivity index (χ3n) is 2.60. The van der Waals surface area contributed by atoms with Crippen LogP contribution in [0.15, 0.2) is 60.7 Å². The summed E-state index contributed by atoms with van der Waals surface area (Å²) in [6, 6.07) is 21.2. The highest BCUT2D eigenvalue weighted by Crippen LogP contribution is 2.22. The van der Waals surface area contributed by atoms with Crippen molar-refractivity contribution in [2.45, 2.75) is 12.8 Å². The van der Waals surface area contributed by atoms with Crippen molar-refractivity contribution in [2.24, 2.45) is 0 Å². The van der Waals surface area contributed by atoms with Gasteiger partial charge in [0.1, 0.15) is 0 Å². The highest BCUT2D eigenvalue weighted by Gasteiger charge is 2.05. The van der Waals surface area contributed by atoms with Crippen LogP contribution in [-0.2, 0) is 4.57 Å². The zero-order valence-corrected chi connectivity index (χ0v) is 11.2. The van der Waals surface area contributed by atoms with Crippen LogP contribution in [0.1, 0.15) is 24.0 Å². The number of hydrogen-bond donors (Lipinski definition) is 2. The molecule has 3 nitrogen and oxygen atoms in total. The molecule has 0 atom stereocenters. The minimum Gasteiger partial charge on any atom is -0.326 e. The number of rotatable bonds is 2. The molecule has 4 heteroatoms. The van der Waals surface area contributed by atoms with E-state index in [1.54, 1.807) is 0 Å². The number of hydrogen-bond acceptors (Lipinski definition) is 1. The molecule has 0 saturated carbocycles. The third-order valence-corrected chi connectivity index (χ3v) is 2.60. The molecule has 0 fully saturated rings. The van der Waals surface area contributed by atoms with Gasteiger partial charge in [-0.3, -0.25) is 4.57 Å². The van der Waals surface area contributed by atoms with Crippen LogP contribution in [0.4, 0.5) is 0 Å². The summed E-state index contributed by atoms with van der Waals surface area (Å²) < 4.78 is 8.74. The molecule has 0 aliphatic rings. The Morgan fingerprint density at radius 2 is 1.11 bits per heavy atom. The zero-order chi connectivity index (χ0) is 13.4. The Balaban J connectivity index is 0.000000357. The highest BCUT2D eigenvalue weighted by molar-refractivity contribution is 7.30. The molecule has 18 heavy (non-hydrogen) atoms.